The van der Waals surface area contributed by atoms with E-state index in [-0.39, 0.29) is 0 Å². The van der Waals surface area contributed by atoms with Gasteiger partial charge in [0, 0.05) is 30.1 Å². The number of pyridine rings is 1. The van der Waals surface area contributed by atoms with Crippen LogP contribution in [0.3, 0.4) is 0 Å². The number of anilines is 1. The van der Waals surface area contributed by atoms with Gasteiger partial charge in [0.25, 0.3) is 0 Å². The number of thioether (sulfide) groups is 1. The summed E-state index contributed by atoms with van der Waals surface area (Å²) in [5, 5.41) is 0. The number of nitrogens with zero attached hydrogens (tertiary/aromatic N) is 3. The van der Waals surface area contributed by atoms with E-state index in [1.54, 1.807) is 6.20 Å². The number of unbranched alkanes of at least 4 members (excludes halogenated alkanes) is 1. The number of aromatic nitrogens is 3. The van der Waals surface area contributed by atoms with Crippen LogP contribution in [0.5, 0.6) is 0 Å². The van der Waals surface area contributed by atoms with Gasteiger partial charge < -0.3 is 10.3 Å². The summed E-state index contributed by atoms with van der Waals surface area (Å²) in [5.74, 6) is 1.15. The maximum absolute atomic E-state index is 13.8. The molecule has 0 amide bonds. The molecule has 0 aliphatic rings. The second-order valence-corrected chi connectivity index (χ2v) is 7.72. The predicted molar refractivity (Wildman–Crippen MR) is 107 cm³/mol. The lowest BCUT2D eigenvalue weighted by Crippen LogP contribution is -2.06. The predicted octanol–water partition coefficient (Wildman–Crippen LogP) is 5.13. The van der Waals surface area contributed by atoms with E-state index < -0.39 is 11.6 Å². The quantitative estimate of drug-likeness (QED) is 0.428. The van der Waals surface area contributed by atoms with Crippen LogP contribution in [-0.4, -0.2) is 20.3 Å². The SMILES string of the molecule is CCCCc1nc2c(N)ncc(C)c2n1CCCSc1ccc(F)cc1F. The van der Waals surface area contributed by atoms with Crippen molar-refractivity contribution in [2.75, 3.05) is 11.5 Å². The second-order valence-electron chi connectivity index (χ2n) is 6.58. The molecule has 2 aromatic heterocycles. The van der Waals surface area contributed by atoms with E-state index >= 15 is 0 Å². The van der Waals surface area contributed by atoms with Crippen LogP contribution < -0.4 is 5.73 Å². The highest BCUT2D eigenvalue weighted by atomic mass is 32.2. The minimum absolute atomic E-state index is 0.454. The average molecular weight is 391 g/mol. The summed E-state index contributed by atoms with van der Waals surface area (Å²) < 4.78 is 29.0. The number of hydrogen-bond acceptors (Lipinski definition) is 4. The van der Waals surface area contributed by atoms with Crippen molar-refractivity contribution < 1.29 is 8.78 Å². The van der Waals surface area contributed by atoms with E-state index in [2.05, 4.69) is 16.5 Å². The number of imidazole rings is 1. The van der Waals surface area contributed by atoms with Crippen LogP contribution in [0.2, 0.25) is 0 Å². The van der Waals surface area contributed by atoms with E-state index in [1.807, 2.05) is 6.92 Å². The monoisotopic (exact) mass is 390 g/mol. The lowest BCUT2D eigenvalue weighted by atomic mass is 10.2. The molecule has 0 radical (unpaired) electrons. The maximum atomic E-state index is 13.8. The summed E-state index contributed by atoms with van der Waals surface area (Å²) in [4.78, 5) is 9.43. The molecule has 4 nitrogen and oxygen atoms in total. The Morgan fingerprint density at radius 2 is 2.04 bits per heavy atom. The van der Waals surface area contributed by atoms with Crippen LogP contribution in [0, 0.1) is 18.6 Å². The fraction of sp³-hybridized carbons (Fsp3) is 0.400. The molecule has 0 saturated heterocycles. The first-order valence-electron chi connectivity index (χ1n) is 9.19. The number of fused-ring (bicyclic) bond motifs is 1. The lowest BCUT2D eigenvalue weighted by molar-refractivity contribution is 0.565. The molecule has 0 saturated carbocycles. The van der Waals surface area contributed by atoms with Crippen LogP contribution in [-0.2, 0) is 13.0 Å². The summed E-state index contributed by atoms with van der Waals surface area (Å²) in [6.45, 7) is 4.94. The molecule has 144 valence electrons. The normalized spacial score (nSPS) is 11.4. The van der Waals surface area contributed by atoms with Crippen molar-refractivity contribution in [3.63, 3.8) is 0 Å². The molecule has 3 aromatic rings. The Labute approximate surface area is 162 Å². The number of halogens is 2. The van der Waals surface area contributed by atoms with Gasteiger partial charge in [-0.15, -0.1) is 11.8 Å². The number of benzene rings is 1. The topological polar surface area (TPSA) is 56.7 Å². The molecule has 0 aliphatic carbocycles. The largest absolute Gasteiger partial charge is 0.382 e. The zero-order valence-electron chi connectivity index (χ0n) is 15.6. The highest BCUT2D eigenvalue weighted by Gasteiger charge is 2.15. The summed E-state index contributed by atoms with van der Waals surface area (Å²) in [6, 6.07) is 3.70. The van der Waals surface area contributed by atoms with Crippen molar-refractivity contribution in [2.45, 2.75) is 51.0 Å². The third-order valence-corrected chi connectivity index (χ3v) is 5.63. The third kappa shape index (κ3) is 4.40. The van der Waals surface area contributed by atoms with E-state index in [9.17, 15) is 8.78 Å². The highest BCUT2D eigenvalue weighted by Crippen LogP contribution is 2.27. The van der Waals surface area contributed by atoms with Gasteiger partial charge in [-0.3, -0.25) is 0 Å². The molecule has 0 atom stereocenters. The Morgan fingerprint density at radius 3 is 2.78 bits per heavy atom. The molecular formula is C20H24F2N4S. The first kappa shape index (κ1) is 19.6. The Morgan fingerprint density at radius 1 is 1.22 bits per heavy atom. The van der Waals surface area contributed by atoms with Gasteiger partial charge >= 0.3 is 0 Å². The Bertz CT molecular complexity index is 939. The van der Waals surface area contributed by atoms with E-state index in [4.69, 9.17) is 10.7 Å². The average Bonchev–Trinajstić information content (AvgIpc) is 3.01. The van der Waals surface area contributed by atoms with E-state index in [1.165, 1.54) is 23.9 Å². The minimum Gasteiger partial charge on any atom is -0.382 e. The van der Waals surface area contributed by atoms with Crippen molar-refractivity contribution in [3.8, 4) is 0 Å². The fourth-order valence-corrected chi connectivity index (χ4v) is 3.98. The van der Waals surface area contributed by atoms with E-state index in [0.29, 0.717) is 10.7 Å². The lowest BCUT2D eigenvalue weighted by Gasteiger charge is -2.11. The van der Waals surface area contributed by atoms with Crippen LogP contribution in [0.4, 0.5) is 14.6 Å². The number of aryl methyl sites for hydroxylation is 3. The van der Waals surface area contributed by atoms with Gasteiger partial charge in [-0.25, -0.2) is 18.7 Å². The molecular weight excluding hydrogens is 366 g/mol. The van der Waals surface area contributed by atoms with Crippen LogP contribution in [0.1, 0.15) is 37.6 Å². The summed E-state index contributed by atoms with van der Waals surface area (Å²) in [7, 11) is 0. The van der Waals surface area contributed by atoms with Gasteiger partial charge in [-0.2, -0.15) is 0 Å². The third-order valence-electron chi connectivity index (χ3n) is 4.49. The molecule has 0 spiro atoms. The van der Waals surface area contributed by atoms with Gasteiger partial charge in [0.15, 0.2) is 5.82 Å². The Balaban J connectivity index is 1.75. The van der Waals surface area contributed by atoms with Gasteiger partial charge in [0.2, 0.25) is 0 Å². The molecule has 0 aliphatic heterocycles. The van der Waals surface area contributed by atoms with Gasteiger partial charge in [0.05, 0.1) is 5.52 Å². The van der Waals surface area contributed by atoms with Crippen molar-refractivity contribution in [3.05, 3.63) is 47.4 Å². The number of nitrogens with two attached hydrogens (primary N) is 1. The zero-order valence-corrected chi connectivity index (χ0v) is 16.5. The van der Waals surface area contributed by atoms with Gasteiger partial charge in [0.1, 0.15) is 23.0 Å². The maximum Gasteiger partial charge on any atom is 0.151 e. The highest BCUT2D eigenvalue weighted by molar-refractivity contribution is 7.99. The molecule has 3 rings (SSSR count). The molecule has 0 unspecified atom stereocenters. The zero-order chi connectivity index (χ0) is 19.4. The van der Waals surface area contributed by atoms with Crippen molar-refractivity contribution in [1.82, 2.24) is 14.5 Å². The second kappa shape index (κ2) is 8.69. The summed E-state index contributed by atoms with van der Waals surface area (Å²) in [6.07, 6.45) is 5.67. The van der Waals surface area contributed by atoms with Gasteiger partial charge in [-0.05, 0) is 43.2 Å². The first-order chi connectivity index (χ1) is 13.0. The summed E-state index contributed by atoms with van der Waals surface area (Å²) >= 11 is 1.40. The molecule has 1 aromatic carbocycles. The van der Waals surface area contributed by atoms with Crippen LogP contribution in [0.15, 0.2) is 29.3 Å². The molecule has 2 N–H and O–H groups in total. The fourth-order valence-electron chi connectivity index (χ4n) is 3.13. The number of nitrogen functional groups attached to an aromatic ring is 1. The first-order valence-corrected chi connectivity index (χ1v) is 10.2. The Hall–Kier alpha value is -2.15. The van der Waals surface area contributed by atoms with Gasteiger partial charge in [-0.1, -0.05) is 13.3 Å². The molecule has 0 bridgehead atoms. The van der Waals surface area contributed by atoms with Crippen molar-refractivity contribution in [2.24, 2.45) is 0 Å². The van der Waals surface area contributed by atoms with Crippen molar-refractivity contribution >= 4 is 28.6 Å². The van der Waals surface area contributed by atoms with Crippen LogP contribution >= 0.6 is 11.8 Å². The van der Waals surface area contributed by atoms with E-state index in [0.717, 1.165) is 66.5 Å². The smallest absolute Gasteiger partial charge is 0.151 e. The molecule has 2 heterocycles. The minimum atomic E-state index is -0.552. The van der Waals surface area contributed by atoms with Crippen LogP contribution in [0.25, 0.3) is 11.0 Å². The Kier molecular flexibility index (Phi) is 6.31. The molecule has 27 heavy (non-hydrogen) atoms. The standard InChI is InChI=1S/C20H24F2N4S/c1-3-4-6-17-25-18-19(13(2)12-24-20(18)23)26(17)9-5-10-27-16-8-7-14(21)11-15(16)22/h7-8,11-12H,3-6,9-10H2,1-2H3,(H2,23,24). The summed E-state index contributed by atoms with van der Waals surface area (Å²) in [5.41, 5.74) is 8.88. The van der Waals surface area contributed by atoms with Crippen molar-refractivity contribution in [1.29, 1.82) is 0 Å². The molecule has 0 fully saturated rings. The number of hydrogen-bond donors (Lipinski definition) is 1. The molecule has 7 heteroatoms. The number of rotatable bonds is 8.